The first-order chi connectivity index (χ1) is 11.7. The van der Waals surface area contributed by atoms with E-state index >= 15 is 0 Å². The van der Waals surface area contributed by atoms with Crippen LogP contribution in [0.5, 0.6) is 0 Å². The van der Waals surface area contributed by atoms with Crippen LogP contribution in [0, 0.1) is 6.92 Å². The number of carbonyl (C=O) groups excluding carboxylic acids is 1. The van der Waals surface area contributed by atoms with E-state index in [1.54, 1.807) is 18.3 Å². The number of hydrogen-bond acceptors (Lipinski definition) is 5. The highest BCUT2D eigenvalue weighted by atomic mass is 16.1. The molecule has 3 aromatic rings. The Morgan fingerprint density at radius 3 is 2.58 bits per heavy atom. The van der Waals surface area contributed by atoms with Crippen molar-refractivity contribution >= 4 is 17.4 Å². The van der Waals surface area contributed by atoms with Crippen LogP contribution >= 0.6 is 0 Å². The fraction of sp³-hybridized carbons (Fsp3) is 0.111. The molecule has 6 heteroatoms. The minimum absolute atomic E-state index is 0.268. The van der Waals surface area contributed by atoms with Gasteiger partial charge in [0.05, 0.1) is 0 Å². The number of aryl methyl sites for hydroxylation is 1. The van der Waals surface area contributed by atoms with Gasteiger partial charge in [-0.05, 0) is 48.4 Å². The summed E-state index contributed by atoms with van der Waals surface area (Å²) in [4.78, 5) is 16.2. The molecule has 6 nitrogen and oxygen atoms in total. The second-order valence-corrected chi connectivity index (χ2v) is 5.28. The number of hydrogen-bond donors (Lipinski definition) is 2. The Morgan fingerprint density at radius 1 is 1.04 bits per heavy atom. The first-order valence-corrected chi connectivity index (χ1v) is 7.56. The van der Waals surface area contributed by atoms with Crippen molar-refractivity contribution in [2.75, 3.05) is 10.6 Å². The lowest BCUT2D eigenvalue weighted by Gasteiger charge is -2.08. The number of nitrogens with one attached hydrogen (secondary N) is 2. The third-order valence-electron chi connectivity index (χ3n) is 3.53. The Bertz CT molecular complexity index is 818. The third-order valence-corrected chi connectivity index (χ3v) is 3.53. The SMILES string of the molecule is Cc1cnccc1CNc1ccc(C(=O)Nc2ccccc2)nn1. The highest BCUT2D eigenvalue weighted by molar-refractivity contribution is 6.02. The van der Waals surface area contributed by atoms with E-state index in [1.807, 2.05) is 49.5 Å². The van der Waals surface area contributed by atoms with Crippen LogP contribution in [0.15, 0.2) is 60.9 Å². The molecule has 2 aromatic heterocycles. The summed E-state index contributed by atoms with van der Waals surface area (Å²) in [7, 11) is 0. The number of nitrogens with zero attached hydrogens (tertiary/aromatic N) is 3. The van der Waals surface area contributed by atoms with Crippen molar-refractivity contribution in [2.24, 2.45) is 0 Å². The molecule has 2 heterocycles. The lowest BCUT2D eigenvalue weighted by molar-refractivity contribution is 0.102. The summed E-state index contributed by atoms with van der Waals surface area (Å²) >= 11 is 0. The van der Waals surface area contributed by atoms with E-state index < -0.39 is 0 Å². The zero-order valence-corrected chi connectivity index (χ0v) is 13.2. The molecule has 0 aliphatic carbocycles. The molecule has 0 spiro atoms. The number of anilines is 2. The van der Waals surface area contributed by atoms with Crippen molar-refractivity contribution in [3.05, 3.63) is 77.7 Å². The lowest BCUT2D eigenvalue weighted by atomic mass is 10.1. The molecular formula is C18H17N5O. The van der Waals surface area contributed by atoms with Crippen LogP contribution in [0.4, 0.5) is 11.5 Å². The maximum atomic E-state index is 12.1. The Morgan fingerprint density at radius 2 is 1.88 bits per heavy atom. The number of amides is 1. The van der Waals surface area contributed by atoms with Crippen molar-refractivity contribution < 1.29 is 4.79 Å². The van der Waals surface area contributed by atoms with Crippen molar-refractivity contribution in [3.63, 3.8) is 0 Å². The Hall–Kier alpha value is -3.28. The minimum atomic E-state index is -0.287. The van der Waals surface area contributed by atoms with E-state index in [2.05, 4.69) is 25.8 Å². The van der Waals surface area contributed by atoms with Gasteiger partial charge in [0, 0.05) is 24.6 Å². The Labute approximate surface area is 140 Å². The largest absolute Gasteiger partial charge is 0.364 e. The van der Waals surface area contributed by atoms with Crippen molar-refractivity contribution in [2.45, 2.75) is 13.5 Å². The van der Waals surface area contributed by atoms with Crippen LogP contribution in [-0.4, -0.2) is 21.1 Å². The first kappa shape index (κ1) is 15.6. The van der Waals surface area contributed by atoms with Crippen LogP contribution in [-0.2, 0) is 6.54 Å². The summed E-state index contributed by atoms with van der Waals surface area (Å²) in [5.74, 6) is 0.327. The second kappa shape index (κ2) is 7.32. The molecule has 24 heavy (non-hydrogen) atoms. The van der Waals surface area contributed by atoms with Gasteiger partial charge in [0.15, 0.2) is 5.69 Å². The fourth-order valence-corrected chi connectivity index (χ4v) is 2.15. The zero-order chi connectivity index (χ0) is 16.8. The highest BCUT2D eigenvalue weighted by Crippen LogP contribution is 2.10. The summed E-state index contributed by atoms with van der Waals surface area (Å²) < 4.78 is 0. The van der Waals surface area contributed by atoms with Crippen LogP contribution in [0.3, 0.4) is 0 Å². The monoisotopic (exact) mass is 319 g/mol. The van der Waals surface area contributed by atoms with Crippen LogP contribution < -0.4 is 10.6 Å². The molecule has 0 bridgehead atoms. The average Bonchev–Trinajstić information content (AvgIpc) is 2.62. The van der Waals surface area contributed by atoms with E-state index in [-0.39, 0.29) is 11.6 Å². The smallest absolute Gasteiger partial charge is 0.276 e. The quantitative estimate of drug-likeness (QED) is 0.755. The molecule has 0 radical (unpaired) electrons. The maximum Gasteiger partial charge on any atom is 0.276 e. The molecule has 0 unspecified atom stereocenters. The van der Waals surface area contributed by atoms with Gasteiger partial charge in [0.25, 0.3) is 5.91 Å². The molecule has 3 rings (SSSR count). The molecule has 0 aliphatic heterocycles. The molecular weight excluding hydrogens is 302 g/mol. The predicted octanol–water partition coefficient (Wildman–Crippen LogP) is 3.04. The third kappa shape index (κ3) is 3.92. The molecule has 0 aliphatic rings. The van der Waals surface area contributed by atoms with Gasteiger partial charge in [-0.15, -0.1) is 10.2 Å². The van der Waals surface area contributed by atoms with Gasteiger partial charge in [-0.25, -0.2) is 0 Å². The van der Waals surface area contributed by atoms with E-state index in [9.17, 15) is 4.79 Å². The van der Waals surface area contributed by atoms with Gasteiger partial charge in [-0.3, -0.25) is 9.78 Å². The molecule has 0 saturated heterocycles. The van der Waals surface area contributed by atoms with E-state index in [4.69, 9.17) is 0 Å². The molecule has 2 N–H and O–H groups in total. The summed E-state index contributed by atoms with van der Waals surface area (Å²) in [5.41, 5.74) is 3.23. The topological polar surface area (TPSA) is 79.8 Å². The first-order valence-electron chi connectivity index (χ1n) is 7.56. The maximum absolute atomic E-state index is 12.1. The summed E-state index contributed by atoms with van der Waals surface area (Å²) in [6.07, 6.45) is 3.58. The average molecular weight is 319 g/mol. The predicted molar refractivity (Wildman–Crippen MR) is 92.7 cm³/mol. The van der Waals surface area contributed by atoms with Crippen LogP contribution in [0.1, 0.15) is 21.6 Å². The molecule has 0 atom stereocenters. The van der Waals surface area contributed by atoms with Crippen LogP contribution in [0.2, 0.25) is 0 Å². The highest BCUT2D eigenvalue weighted by Gasteiger charge is 2.08. The van der Waals surface area contributed by atoms with Gasteiger partial charge in [0.1, 0.15) is 5.82 Å². The number of carbonyl (C=O) groups is 1. The standard InChI is InChI=1S/C18H17N5O/c1-13-11-19-10-9-14(13)12-20-17-8-7-16(22-23-17)18(24)21-15-5-3-2-4-6-15/h2-11H,12H2,1H3,(H,20,23)(H,21,24). The van der Waals surface area contributed by atoms with Gasteiger partial charge < -0.3 is 10.6 Å². The fourth-order valence-electron chi connectivity index (χ4n) is 2.15. The summed E-state index contributed by atoms with van der Waals surface area (Å²) in [6, 6.07) is 14.6. The minimum Gasteiger partial charge on any atom is -0.364 e. The number of aromatic nitrogens is 3. The molecule has 0 fully saturated rings. The van der Waals surface area contributed by atoms with Crippen molar-refractivity contribution in [3.8, 4) is 0 Å². The van der Waals surface area contributed by atoms with Gasteiger partial charge >= 0.3 is 0 Å². The van der Waals surface area contributed by atoms with Crippen molar-refractivity contribution in [1.82, 2.24) is 15.2 Å². The zero-order valence-electron chi connectivity index (χ0n) is 13.2. The molecule has 120 valence electrons. The summed E-state index contributed by atoms with van der Waals surface area (Å²) in [5, 5.41) is 14.0. The molecule has 1 amide bonds. The summed E-state index contributed by atoms with van der Waals surface area (Å²) in [6.45, 7) is 2.63. The Kier molecular flexibility index (Phi) is 4.76. The second-order valence-electron chi connectivity index (χ2n) is 5.28. The van der Waals surface area contributed by atoms with Crippen LogP contribution in [0.25, 0.3) is 0 Å². The number of pyridine rings is 1. The number of benzene rings is 1. The normalized spacial score (nSPS) is 10.2. The number of rotatable bonds is 5. The number of para-hydroxylation sites is 1. The van der Waals surface area contributed by atoms with Gasteiger partial charge in [0.2, 0.25) is 0 Å². The van der Waals surface area contributed by atoms with Gasteiger partial charge in [-0.1, -0.05) is 18.2 Å². The van der Waals surface area contributed by atoms with Gasteiger partial charge in [-0.2, -0.15) is 0 Å². The van der Waals surface area contributed by atoms with Crippen molar-refractivity contribution in [1.29, 1.82) is 0 Å². The van der Waals surface area contributed by atoms with E-state index in [1.165, 1.54) is 0 Å². The van der Waals surface area contributed by atoms with E-state index in [0.29, 0.717) is 12.4 Å². The Balaban J connectivity index is 1.61. The lowest BCUT2D eigenvalue weighted by Crippen LogP contribution is -2.14. The molecule has 0 saturated carbocycles. The van der Waals surface area contributed by atoms with E-state index in [0.717, 1.165) is 16.8 Å². The molecule has 1 aromatic carbocycles.